The van der Waals surface area contributed by atoms with Crippen molar-refractivity contribution in [2.24, 2.45) is 23.2 Å². The van der Waals surface area contributed by atoms with E-state index in [1.54, 1.807) is 6.26 Å². The quantitative estimate of drug-likeness (QED) is 0.587. The fourth-order valence-electron chi connectivity index (χ4n) is 6.80. The van der Waals surface area contributed by atoms with Crippen LogP contribution >= 0.6 is 0 Å². The fraction of sp³-hybridized carbons (Fsp3) is 0.792. The summed E-state index contributed by atoms with van der Waals surface area (Å²) in [4.78, 5) is 14.3. The predicted molar refractivity (Wildman–Crippen MR) is 108 cm³/mol. The Kier molecular flexibility index (Phi) is 4.82. The summed E-state index contributed by atoms with van der Waals surface area (Å²) >= 11 is 0. The molecular weight excluding hydrogens is 366 g/mol. The Morgan fingerprint density at radius 3 is 2.90 bits per heavy atom. The SMILES string of the molecule is C[C@@H](CCc1ccco1)[NH+](C)C[C@H]1C(=O)O[C@@H]2C[C@@]3(C)CCC[C@@]4(CO4)[C@@H]3C[C@@H]21. The van der Waals surface area contributed by atoms with E-state index < -0.39 is 0 Å². The molecule has 1 spiro atoms. The normalized spacial score (nSPS) is 42.8. The summed E-state index contributed by atoms with van der Waals surface area (Å²) in [5, 5.41) is 0. The number of furan rings is 1. The molecule has 160 valence electrons. The van der Waals surface area contributed by atoms with Gasteiger partial charge in [0.25, 0.3) is 0 Å². The topological polar surface area (TPSA) is 56.4 Å². The summed E-state index contributed by atoms with van der Waals surface area (Å²) in [6.07, 6.45) is 9.72. The molecule has 0 amide bonds. The molecule has 1 N–H and O–H groups in total. The first-order chi connectivity index (χ1) is 13.9. The van der Waals surface area contributed by atoms with Gasteiger partial charge in [-0.2, -0.15) is 0 Å². The maximum absolute atomic E-state index is 12.8. The van der Waals surface area contributed by atoms with Gasteiger partial charge in [-0.25, -0.2) is 0 Å². The third kappa shape index (κ3) is 3.44. The zero-order valence-electron chi connectivity index (χ0n) is 18.1. The van der Waals surface area contributed by atoms with Crippen molar-refractivity contribution in [1.29, 1.82) is 0 Å². The van der Waals surface area contributed by atoms with Crippen LogP contribution in [0.25, 0.3) is 0 Å². The number of esters is 1. The first kappa shape index (κ1) is 19.6. The highest BCUT2D eigenvalue weighted by Gasteiger charge is 2.65. The van der Waals surface area contributed by atoms with Gasteiger partial charge >= 0.3 is 5.97 Å². The number of quaternary nitrogens is 1. The molecule has 4 fully saturated rings. The van der Waals surface area contributed by atoms with Crippen molar-refractivity contribution >= 4 is 5.97 Å². The van der Waals surface area contributed by atoms with Crippen LogP contribution < -0.4 is 4.90 Å². The Labute approximate surface area is 174 Å². The average molecular weight is 403 g/mol. The number of ether oxygens (including phenoxy) is 2. The number of carbonyl (C=O) groups excluding carboxylic acids is 1. The molecule has 5 nitrogen and oxygen atoms in total. The summed E-state index contributed by atoms with van der Waals surface area (Å²) in [6.45, 7) is 6.50. The Balaban J connectivity index is 1.24. The third-order valence-electron chi connectivity index (χ3n) is 8.87. The van der Waals surface area contributed by atoms with Gasteiger partial charge in [-0.3, -0.25) is 4.79 Å². The van der Waals surface area contributed by atoms with Crippen LogP contribution in [0.2, 0.25) is 0 Å². The minimum Gasteiger partial charge on any atom is -0.469 e. The Bertz CT molecular complexity index is 742. The van der Waals surface area contributed by atoms with Crippen molar-refractivity contribution in [3.63, 3.8) is 0 Å². The first-order valence-corrected chi connectivity index (χ1v) is 11.6. The molecule has 1 aromatic heterocycles. The molecule has 4 aliphatic rings. The zero-order chi connectivity index (χ0) is 20.2. The second-order valence-electron chi connectivity index (χ2n) is 10.7. The Hall–Kier alpha value is -1.33. The van der Waals surface area contributed by atoms with E-state index in [2.05, 4.69) is 20.9 Å². The first-order valence-electron chi connectivity index (χ1n) is 11.6. The highest BCUT2D eigenvalue weighted by Crippen LogP contribution is 2.62. The molecule has 2 saturated carbocycles. The van der Waals surface area contributed by atoms with Crippen LogP contribution in [0.1, 0.15) is 58.1 Å². The van der Waals surface area contributed by atoms with Gasteiger partial charge in [0.05, 0.1) is 38.1 Å². The van der Waals surface area contributed by atoms with E-state index in [1.165, 1.54) is 24.2 Å². The van der Waals surface area contributed by atoms with E-state index in [0.717, 1.165) is 44.6 Å². The lowest BCUT2D eigenvalue weighted by molar-refractivity contribution is -0.907. The zero-order valence-corrected chi connectivity index (χ0v) is 18.1. The highest BCUT2D eigenvalue weighted by atomic mass is 16.6. The minimum atomic E-state index is 0.0355. The largest absolute Gasteiger partial charge is 0.469 e. The molecule has 0 aromatic carbocycles. The van der Waals surface area contributed by atoms with E-state index >= 15 is 0 Å². The number of aryl methyl sites for hydroxylation is 1. The molecule has 3 heterocycles. The van der Waals surface area contributed by atoms with Crippen LogP contribution in [0.3, 0.4) is 0 Å². The number of nitrogens with one attached hydrogen (secondary N) is 1. The van der Waals surface area contributed by atoms with Crippen LogP contribution in [0, 0.1) is 23.2 Å². The van der Waals surface area contributed by atoms with Crippen LogP contribution in [0.4, 0.5) is 0 Å². The van der Waals surface area contributed by atoms with Gasteiger partial charge in [0.1, 0.15) is 17.8 Å². The van der Waals surface area contributed by atoms with E-state index in [1.807, 2.05) is 12.1 Å². The van der Waals surface area contributed by atoms with Crippen molar-refractivity contribution in [3.05, 3.63) is 24.2 Å². The molecule has 1 aromatic rings. The lowest BCUT2D eigenvalue weighted by atomic mass is 9.53. The van der Waals surface area contributed by atoms with E-state index in [-0.39, 0.29) is 29.0 Å². The Morgan fingerprint density at radius 2 is 2.17 bits per heavy atom. The number of carbonyl (C=O) groups is 1. The van der Waals surface area contributed by atoms with Crippen molar-refractivity contribution in [3.8, 4) is 0 Å². The Morgan fingerprint density at radius 1 is 1.34 bits per heavy atom. The van der Waals surface area contributed by atoms with Crippen LogP contribution in [-0.4, -0.2) is 43.9 Å². The lowest BCUT2D eigenvalue weighted by Crippen LogP contribution is -3.13. The molecule has 2 aliphatic heterocycles. The summed E-state index contributed by atoms with van der Waals surface area (Å²) in [7, 11) is 2.23. The number of fused-ring (bicyclic) bond motifs is 3. The molecular formula is C24H36NO4+. The fourth-order valence-corrected chi connectivity index (χ4v) is 6.80. The van der Waals surface area contributed by atoms with Crippen molar-refractivity contribution < 1.29 is 23.6 Å². The number of rotatable bonds is 6. The maximum atomic E-state index is 12.8. The number of epoxide rings is 1. The van der Waals surface area contributed by atoms with Gasteiger partial charge in [0.15, 0.2) is 0 Å². The second kappa shape index (κ2) is 7.12. The molecule has 5 rings (SSSR count). The van der Waals surface area contributed by atoms with Crippen LogP contribution in [0.5, 0.6) is 0 Å². The molecule has 2 saturated heterocycles. The second-order valence-corrected chi connectivity index (χ2v) is 10.7. The molecule has 0 radical (unpaired) electrons. The average Bonchev–Trinajstić information content (AvgIpc) is 3.13. The smallest absolute Gasteiger partial charge is 0.315 e. The van der Waals surface area contributed by atoms with E-state index in [4.69, 9.17) is 13.9 Å². The number of hydrogen-bond acceptors (Lipinski definition) is 4. The van der Waals surface area contributed by atoms with Crippen LogP contribution in [0.15, 0.2) is 22.8 Å². The van der Waals surface area contributed by atoms with E-state index in [0.29, 0.717) is 17.9 Å². The third-order valence-corrected chi connectivity index (χ3v) is 8.87. The molecule has 29 heavy (non-hydrogen) atoms. The monoisotopic (exact) mass is 402 g/mol. The molecule has 8 atom stereocenters. The summed E-state index contributed by atoms with van der Waals surface area (Å²) in [5.41, 5.74) is 0.406. The maximum Gasteiger partial charge on any atom is 0.315 e. The van der Waals surface area contributed by atoms with Crippen LogP contribution in [-0.2, 0) is 20.7 Å². The molecule has 5 heteroatoms. The summed E-state index contributed by atoms with van der Waals surface area (Å²) < 4.78 is 17.5. The standard InChI is InChI=1S/C24H35NO4/c1-16(7-8-17-6-4-11-27-17)25(3)14-19-18-12-21-23(2,13-20(18)29-22(19)26)9-5-10-24(21)15-28-24/h4,6,11,16,18-21H,5,7-10,12-15H2,1-3H3/p+1/t16-,18+,19+,20+,21+,23+,24+/m0/s1. The molecule has 2 aliphatic carbocycles. The van der Waals surface area contributed by atoms with E-state index in [9.17, 15) is 4.79 Å². The summed E-state index contributed by atoms with van der Waals surface area (Å²) in [5.74, 6) is 2.09. The lowest BCUT2D eigenvalue weighted by Gasteiger charge is -2.51. The van der Waals surface area contributed by atoms with Gasteiger partial charge < -0.3 is 18.8 Å². The summed E-state index contributed by atoms with van der Waals surface area (Å²) in [6, 6.07) is 4.47. The van der Waals surface area contributed by atoms with Crippen molar-refractivity contribution in [1.82, 2.24) is 0 Å². The molecule has 1 unspecified atom stereocenters. The predicted octanol–water partition coefficient (Wildman–Crippen LogP) is 2.64. The van der Waals surface area contributed by atoms with Gasteiger partial charge in [0, 0.05) is 18.8 Å². The number of hydrogen-bond donors (Lipinski definition) is 1. The minimum absolute atomic E-state index is 0.0355. The van der Waals surface area contributed by atoms with Crippen molar-refractivity contribution in [2.75, 3.05) is 20.2 Å². The van der Waals surface area contributed by atoms with Gasteiger partial charge in [-0.1, -0.05) is 6.92 Å². The van der Waals surface area contributed by atoms with Gasteiger partial charge in [-0.05, 0) is 62.5 Å². The van der Waals surface area contributed by atoms with Gasteiger partial charge in [0.2, 0.25) is 0 Å². The molecule has 0 bridgehead atoms. The highest BCUT2D eigenvalue weighted by molar-refractivity contribution is 5.75. The van der Waals surface area contributed by atoms with Gasteiger partial charge in [-0.15, -0.1) is 0 Å². The van der Waals surface area contributed by atoms with Crippen molar-refractivity contribution in [2.45, 2.75) is 76.5 Å².